The van der Waals surface area contributed by atoms with Crippen LogP contribution in [-0.4, -0.2) is 33.9 Å². The average Bonchev–Trinajstić information content (AvgIpc) is 2.77. The molecule has 11 heteroatoms. The molecule has 3 aromatic carbocycles. The monoisotopic (exact) mass is 491 g/mol. The summed E-state index contributed by atoms with van der Waals surface area (Å²) in [7, 11) is -2.55. The first kappa shape index (κ1) is 24.0. The Hall–Kier alpha value is -3.63. The number of carbonyl (C=O) groups excluding carboxylic acids is 2. The SMILES string of the molecule is CN(c1ccc(OCC(=O)Nc2cc(Cl)ccc2C(=O)[O-])cc1)S(=O)(=O)c1ccc(F)cc1. The quantitative estimate of drug-likeness (QED) is 0.518. The number of anilines is 2. The normalized spacial score (nSPS) is 11.0. The number of nitrogens with one attached hydrogen (secondary N) is 1. The number of hydrogen-bond donors (Lipinski definition) is 1. The molecule has 0 aliphatic rings. The number of carboxylic acid groups (broad SMARTS) is 1. The van der Waals surface area contributed by atoms with E-state index in [2.05, 4.69) is 5.32 Å². The molecule has 0 spiro atoms. The predicted molar refractivity (Wildman–Crippen MR) is 118 cm³/mol. The van der Waals surface area contributed by atoms with Crippen LogP contribution in [0.3, 0.4) is 0 Å². The highest BCUT2D eigenvalue weighted by atomic mass is 35.5. The Morgan fingerprint density at radius 2 is 1.70 bits per heavy atom. The molecular formula is C22H17ClFN2O6S-. The van der Waals surface area contributed by atoms with Crippen LogP contribution in [0, 0.1) is 5.82 Å². The molecule has 33 heavy (non-hydrogen) atoms. The maximum atomic E-state index is 13.1. The summed E-state index contributed by atoms with van der Waals surface area (Å²) in [6.45, 7) is -0.442. The Morgan fingerprint density at radius 3 is 2.30 bits per heavy atom. The second-order valence-electron chi connectivity index (χ2n) is 6.73. The molecular weight excluding hydrogens is 475 g/mol. The maximum Gasteiger partial charge on any atom is 0.264 e. The highest BCUT2D eigenvalue weighted by molar-refractivity contribution is 7.92. The number of carbonyl (C=O) groups is 2. The van der Waals surface area contributed by atoms with Gasteiger partial charge in [0.05, 0.1) is 22.2 Å². The van der Waals surface area contributed by atoms with Crippen LogP contribution in [0.2, 0.25) is 5.02 Å². The van der Waals surface area contributed by atoms with Crippen LogP contribution in [-0.2, 0) is 14.8 Å². The smallest absolute Gasteiger partial charge is 0.264 e. The fraction of sp³-hybridized carbons (Fsp3) is 0.0909. The second kappa shape index (κ2) is 9.88. The molecule has 0 radical (unpaired) electrons. The molecule has 0 aliphatic carbocycles. The average molecular weight is 492 g/mol. The third-order valence-electron chi connectivity index (χ3n) is 4.52. The van der Waals surface area contributed by atoms with Gasteiger partial charge in [-0.25, -0.2) is 12.8 Å². The van der Waals surface area contributed by atoms with Gasteiger partial charge in [-0.15, -0.1) is 0 Å². The summed E-state index contributed by atoms with van der Waals surface area (Å²) in [5.41, 5.74) is 0.0511. The van der Waals surface area contributed by atoms with Gasteiger partial charge in [-0.2, -0.15) is 0 Å². The third-order valence-corrected chi connectivity index (χ3v) is 6.55. The minimum atomic E-state index is -3.90. The molecule has 3 rings (SSSR count). The van der Waals surface area contributed by atoms with E-state index in [1.165, 1.54) is 61.6 Å². The zero-order valence-electron chi connectivity index (χ0n) is 17.1. The lowest BCUT2D eigenvalue weighted by molar-refractivity contribution is -0.254. The van der Waals surface area contributed by atoms with E-state index in [-0.39, 0.29) is 26.9 Å². The van der Waals surface area contributed by atoms with E-state index in [1.54, 1.807) is 0 Å². The largest absolute Gasteiger partial charge is 0.545 e. The molecule has 172 valence electrons. The summed E-state index contributed by atoms with van der Waals surface area (Å²) in [6, 6.07) is 14.2. The Balaban J connectivity index is 1.64. The lowest BCUT2D eigenvalue weighted by Gasteiger charge is -2.20. The zero-order chi connectivity index (χ0) is 24.2. The van der Waals surface area contributed by atoms with Crippen molar-refractivity contribution in [2.24, 2.45) is 0 Å². The number of halogens is 2. The Bertz CT molecular complexity index is 1280. The fourth-order valence-electron chi connectivity index (χ4n) is 2.79. The van der Waals surface area contributed by atoms with Crippen LogP contribution in [0.1, 0.15) is 10.4 Å². The van der Waals surface area contributed by atoms with Crippen LogP contribution in [0.5, 0.6) is 5.75 Å². The molecule has 3 aromatic rings. The molecule has 0 unspecified atom stereocenters. The van der Waals surface area contributed by atoms with E-state index in [0.717, 1.165) is 16.4 Å². The van der Waals surface area contributed by atoms with Gasteiger partial charge in [0.25, 0.3) is 15.9 Å². The van der Waals surface area contributed by atoms with Gasteiger partial charge < -0.3 is 20.0 Å². The van der Waals surface area contributed by atoms with Gasteiger partial charge >= 0.3 is 0 Å². The highest BCUT2D eigenvalue weighted by Gasteiger charge is 2.21. The zero-order valence-corrected chi connectivity index (χ0v) is 18.7. The standard InChI is InChI=1S/C22H18ClFN2O6S/c1-26(33(30,31)18-9-3-15(24)4-10-18)16-5-7-17(8-6-16)32-13-21(27)25-20-12-14(23)2-11-19(20)22(28)29/h2-12H,13H2,1H3,(H,25,27)(H,28,29)/p-1. The van der Waals surface area contributed by atoms with Crippen LogP contribution in [0.25, 0.3) is 0 Å². The highest BCUT2D eigenvalue weighted by Crippen LogP contribution is 2.25. The predicted octanol–water partition coefficient (Wildman–Crippen LogP) is 2.69. The van der Waals surface area contributed by atoms with Crippen molar-refractivity contribution < 1.29 is 32.2 Å². The van der Waals surface area contributed by atoms with Crippen molar-refractivity contribution >= 4 is 44.9 Å². The lowest BCUT2D eigenvalue weighted by atomic mass is 10.2. The van der Waals surface area contributed by atoms with Gasteiger partial charge in [0, 0.05) is 17.6 Å². The number of sulfonamides is 1. The first-order chi connectivity index (χ1) is 15.6. The van der Waals surface area contributed by atoms with Gasteiger partial charge in [-0.05, 0) is 66.7 Å². The molecule has 8 nitrogen and oxygen atoms in total. The summed E-state index contributed by atoms with van der Waals surface area (Å²) in [5.74, 6) is -2.39. The summed E-state index contributed by atoms with van der Waals surface area (Å²) >= 11 is 5.84. The Morgan fingerprint density at radius 1 is 1.06 bits per heavy atom. The van der Waals surface area contributed by atoms with Gasteiger partial charge in [-0.1, -0.05) is 11.6 Å². The molecule has 1 amide bonds. The second-order valence-corrected chi connectivity index (χ2v) is 9.14. The van der Waals surface area contributed by atoms with Gasteiger partial charge in [0.1, 0.15) is 11.6 Å². The van der Waals surface area contributed by atoms with Crippen LogP contribution in [0.15, 0.2) is 71.6 Å². The van der Waals surface area contributed by atoms with E-state index < -0.39 is 34.3 Å². The molecule has 0 aromatic heterocycles. The minimum Gasteiger partial charge on any atom is -0.545 e. The van der Waals surface area contributed by atoms with E-state index >= 15 is 0 Å². The minimum absolute atomic E-state index is 0.0286. The first-order valence-electron chi connectivity index (χ1n) is 9.36. The Kier molecular flexibility index (Phi) is 7.19. The van der Waals surface area contributed by atoms with Crippen molar-refractivity contribution in [3.63, 3.8) is 0 Å². The number of rotatable bonds is 8. The van der Waals surface area contributed by atoms with Crippen molar-refractivity contribution in [2.45, 2.75) is 4.90 Å². The number of nitrogens with zero attached hydrogens (tertiary/aromatic N) is 1. The van der Waals surface area contributed by atoms with Crippen LogP contribution in [0.4, 0.5) is 15.8 Å². The first-order valence-corrected chi connectivity index (χ1v) is 11.2. The van der Waals surface area contributed by atoms with Crippen LogP contribution >= 0.6 is 11.6 Å². The van der Waals surface area contributed by atoms with Gasteiger partial charge in [0.15, 0.2) is 6.61 Å². The number of amides is 1. The molecule has 0 atom stereocenters. The van der Waals surface area contributed by atoms with Crippen molar-refractivity contribution in [3.05, 3.63) is 83.1 Å². The topological polar surface area (TPSA) is 116 Å². The van der Waals surface area contributed by atoms with E-state index in [1.807, 2.05) is 0 Å². The maximum absolute atomic E-state index is 13.1. The lowest BCUT2D eigenvalue weighted by Crippen LogP contribution is -2.27. The number of benzene rings is 3. The van der Waals surface area contributed by atoms with Gasteiger partial charge in [-0.3, -0.25) is 9.10 Å². The summed E-state index contributed by atoms with van der Waals surface area (Å²) < 4.78 is 44.8. The molecule has 1 N–H and O–H groups in total. The summed E-state index contributed by atoms with van der Waals surface area (Å²) in [4.78, 5) is 23.2. The fourth-order valence-corrected chi connectivity index (χ4v) is 4.16. The Labute approximate surface area is 194 Å². The summed E-state index contributed by atoms with van der Waals surface area (Å²) in [6.07, 6.45) is 0. The van der Waals surface area contributed by atoms with Crippen LogP contribution < -0.4 is 19.5 Å². The number of hydrogen-bond acceptors (Lipinski definition) is 6. The van der Waals surface area contributed by atoms with Gasteiger partial charge in [0.2, 0.25) is 0 Å². The molecule has 0 fully saturated rings. The number of ether oxygens (including phenoxy) is 1. The van der Waals surface area contributed by atoms with Crippen molar-refractivity contribution in [2.75, 3.05) is 23.3 Å². The third kappa shape index (κ3) is 5.79. The van der Waals surface area contributed by atoms with E-state index in [9.17, 15) is 27.5 Å². The van der Waals surface area contributed by atoms with Crippen molar-refractivity contribution in [1.29, 1.82) is 0 Å². The number of carboxylic acids is 1. The molecule has 0 saturated heterocycles. The molecule has 0 bridgehead atoms. The van der Waals surface area contributed by atoms with Crippen molar-refractivity contribution in [1.82, 2.24) is 0 Å². The van der Waals surface area contributed by atoms with E-state index in [4.69, 9.17) is 16.3 Å². The number of aromatic carboxylic acids is 1. The van der Waals surface area contributed by atoms with Crippen molar-refractivity contribution in [3.8, 4) is 5.75 Å². The van der Waals surface area contributed by atoms with E-state index in [0.29, 0.717) is 5.69 Å². The summed E-state index contributed by atoms with van der Waals surface area (Å²) in [5, 5.41) is 13.8. The molecule has 0 aliphatic heterocycles. The molecule has 0 heterocycles. The molecule has 0 saturated carbocycles.